The van der Waals surface area contributed by atoms with Crippen LogP contribution in [-0.2, 0) is 16.0 Å². The van der Waals surface area contributed by atoms with Crippen molar-refractivity contribution in [1.29, 1.82) is 0 Å². The van der Waals surface area contributed by atoms with Crippen LogP contribution >= 0.6 is 0 Å². The van der Waals surface area contributed by atoms with Crippen LogP contribution in [0.25, 0.3) is 10.9 Å². The Morgan fingerprint density at radius 1 is 1.27 bits per heavy atom. The van der Waals surface area contributed by atoms with Gasteiger partial charge in [-0.3, -0.25) is 9.59 Å². The lowest BCUT2D eigenvalue weighted by molar-refractivity contribution is -0.142. The van der Waals surface area contributed by atoms with E-state index in [0.717, 1.165) is 16.5 Å². The fourth-order valence-corrected chi connectivity index (χ4v) is 1.62. The molecule has 1 atom stereocenters. The average Bonchev–Trinajstić information content (AvgIpc) is 2.82. The number of aliphatic carboxylic acids is 2. The first-order valence-electron chi connectivity index (χ1n) is 6.68. The van der Waals surface area contributed by atoms with E-state index in [1.807, 2.05) is 30.5 Å². The fourth-order valence-electron chi connectivity index (χ4n) is 1.62. The number of hydrogen-bond donors (Lipinski definition) is 5. The van der Waals surface area contributed by atoms with E-state index in [1.54, 1.807) is 0 Å². The Labute approximate surface area is 127 Å². The van der Waals surface area contributed by atoms with Crippen molar-refractivity contribution in [3.63, 3.8) is 0 Å². The van der Waals surface area contributed by atoms with Crippen LogP contribution < -0.4 is 11.5 Å². The molecule has 2 aromatic rings. The van der Waals surface area contributed by atoms with Crippen molar-refractivity contribution in [2.24, 2.45) is 11.5 Å². The Balaban J connectivity index is 0.000000295. The molecule has 22 heavy (non-hydrogen) atoms. The zero-order valence-electron chi connectivity index (χ0n) is 12.5. The summed E-state index contributed by atoms with van der Waals surface area (Å²) in [6.07, 6.45) is 2.16. The van der Waals surface area contributed by atoms with Crippen LogP contribution in [0.3, 0.4) is 0 Å². The molecule has 7 heteroatoms. The van der Waals surface area contributed by atoms with E-state index in [9.17, 15) is 9.59 Å². The van der Waals surface area contributed by atoms with Crippen molar-refractivity contribution in [1.82, 2.24) is 4.98 Å². The first-order valence-corrected chi connectivity index (χ1v) is 6.68. The summed E-state index contributed by atoms with van der Waals surface area (Å²) < 4.78 is 0. The summed E-state index contributed by atoms with van der Waals surface area (Å²) >= 11 is 0. The number of rotatable bonds is 4. The number of aromatic amines is 1. The zero-order valence-corrected chi connectivity index (χ0v) is 12.5. The van der Waals surface area contributed by atoms with E-state index in [2.05, 4.69) is 4.98 Å². The monoisotopic (exact) mass is 307 g/mol. The minimum Gasteiger partial charge on any atom is -0.480 e. The minimum atomic E-state index is -1.08. The number of fused-ring (bicyclic) bond motifs is 1. The summed E-state index contributed by atoms with van der Waals surface area (Å²) in [7, 11) is 0. The number of nitrogens with two attached hydrogens (primary N) is 2. The number of benzene rings is 1. The van der Waals surface area contributed by atoms with Gasteiger partial charge in [-0.2, -0.15) is 0 Å². The molecular formula is C15H21N3O4. The van der Waals surface area contributed by atoms with Crippen LogP contribution in [0.15, 0.2) is 30.5 Å². The SMILES string of the molecule is CC(C)(N)C(=O)O.N[C@@H](Cc1c[nH]c2ccccc12)C(=O)O. The maximum atomic E-state index is 10.6. The quantitative estimate of drug-likeness (QED) is 0.568. The number of hydrogen-bond acceptors (Lipinski definition) is 4. The van der Waals surface area contributed by atoms with Gasteiger partial charge in [0.05, 0.1) is 0 Å². The van der Waals surface area contributed by atoms with E-state index in [0.29, 0.717) is 6.42 Å². The molecule has 0 bridgehead atoms. The first kappa shape index (κ1) is 17.7. The first-order chi connectivity index (χ1) is 10.1. The third-order valence-electron chi connectivity index (χ3n) is 2.98. The van der Waals surface area contributed by atoms with E-state index in [-0.39, 0.29) is 0 Å². The standard InChI is InChI=1S/C11H12N2O2.C4H9NO2/c12-9(11(14)15)5-7-6-13-10-4-2-1-3-8(7)10;1-4(2,5)3(6)7/h1-4,6,9,13H,5,12H2,(H,14,15);5H2,1-2H3,(H,6,7)/t9-;/m0./s1. The summed E-state index contributed by atoms with van der Waals surface area (Å²) in [5.74, 6) is -1.95. The van der Waals surface area contributed by atoms with Crippen LogP contribution in [0.5, 0.6) is 0 Å². The second-order valence-electron chi connectivity index (χ2n) is 5.54. The highest BCUT2D eigenvalue weighted by molar-refractivity contribution is 5.84. The Morgan fingerprint density at radius 2 is 1.82 bits per heavy atom. The number of H-pyrrole nitrogens is 1. The average molecular weight is 307 g/mol. The van der Waals surface area contributed by atoms with Gasteiger partial charge in [-0.1, -0.05) is 18.2 Å². The largest absolute Gasteiger partial charge is 0.480 e. The maximum absolute atomic E-state index is 10.6. The molecule has 1 aromatic heterocycles. The van der Waals surface area contributed by atoms with E-state index >= 15 is 0 Å². The van der Waals surface area contributed by atoms with Crippen molar-refractivity contribution in [2.45, 2.75) is 31.8 Å². The number of carbonyl (C=O) groups is 2. The van der Waals surface area contributed by atoms with E-state index in [1.165, 1.54) is 13.8 Å². The fraction of sp³-hybridized carbons (Fsp3) is 0.333. The second-order valence-corrected chi connectivity index (χ2v) is 5.54. The Morgan fingerprint density at radius 3 is 2.32 bits per heavy atom. The van der Waals surface area contributed by atoms with Crippen molar-refractivity contribution in [2.75, 3.05) is 0 Å². The third kappa shape index (κ3) is 4.87. The van der Waals surface area contributed by atoms with Gasteiger partial charge >= 0.3 is 11.9 Å². The smallest absolute Gasteiger partial charge is 0.323 e. The lowest BCUT2D eigenvalue weighted by atomic mass is 10.1. The van der Waals surface area contributed by atoms with Crippen LogP contribution in [0.2, 0.25) is 0 Å². The summed E-state index contributed by atoms with van der Waals surface area (Å²) in [5, 5.41) is 17.9. The van der Waals surface area contributed by atoms with Crippen molar-refractivity contribution >= 4 is 22.8 Å². The van der Waals surface area contributed by atoms with Gasteiger partial charge in [-0.15, -0.1) is 0 Å². The van der Waals surface area contributed by atoms with Gasteiger partial charge in [-0.25, -0.2) is 0 Å². The molecule has 120 valence electrons. The molecule has 0 spiro atoms. The zero-order chi connectivity index (χ0) is 16.9. The van der Waals surface area contributed by atoms with Gasteiger partial charge < -0.3 is 26.7 Å². The molecular weight excluding hydrogens is 286 g/mol. The highest BCUT2D eigenvalue weighted by Gasteiger charge is 2.19. The summed E-state index contributed by atoms with van der Waals surface area (Å²) in [6, 6.07) is 6.91. The molecule has 0 amide bonds. The van der Waals surface area contributed by atoms with Gasteiger partial charge in [0.1, 0.15) is 11.6 Å². The second kappa shape index (κ2) is 7.06. The summed E-state index contributed by atoms with van der Waals surface area (Å²) in [6.45, 7) is 2.88. The number of carboxylic acids is 2. The maximum Gasteiger partial charge on any atom is 0.323 e. The molecule has 0 fully saturated rings. The highest BCUT2D eigenvalue weighted by atomic mass is 16.4. The molecule has 0 aliphatic heterocycles. The van der Waals surface area contributed by atoms with Gasteiger partial charge in [0.2, 0.25) is 0 Å². The molecule has 0 saturated carbocycles. The lowest BCUT2D eigenvalue weighted by Gasteiger charge is -2.09. The molecule has 0 radical (unpaired) electrons. The Bertz CT molecular complexity index is 658. The van der Waals surface area contributed by atoms with Crippen LogP contribution in [0.1, 0.15) is 19.4 Å². The van der Waals surface area contributed by atoms with E-state index in [4.69, 9.17) is 21.7 Å². The third-order valence-corrected chi connectivity index (χ3v) is 2.98. The molecule has 7 nitrogen and oxygen atoms in total. The number of carboxylic acid groups (broad SMARTS) is 2. The molecule has 0 aliphatic carbocycles. The van der Waals surface area contributed by atoms with Gasteiger partial charge in [0, 0.05) is 23.5 Å². The molecule has 2 rings (SSSR count). The molecule has 1 heterocycles. The van der Waals surface area contributed by atoms with Gasteiger partial charge in [0.15, 0.2) is 0 Å². The predicted molar refractivity (Wildman–Crippen MR) is 83.5 cm³/mol. The Hall–Kier alpha value is -2.38. The number of aromatic nitrogens is 1. The normalized spacial score (nSPS) is 12.4. The molecule has 1 aromatic carbocycles. The van der Waals surface area contributed by atoms with E-state index < -0.39 is 23.5 Å². The molecule has 0 aliphatic rings. The highest BCUT2D eigenvalue weighted by Crippen LogP contribution is 2.18. The van der Waals surface area contributed by atoms with Gasteiger partial charge in [-0.05, 0) is 25.5 Å². The Kier molecular flexibility index (Phi) is 5.67. The predicted octanol–water partition coefficient (Wildman–Crippen LogP) is 0.931. The summed E-state index contributed by atoms with van der Waals surface area (Å²) in [4.78, 5) is 23.6. The molecule has 0 unspecified atom stereocenters. The molecule has 7 N–H and O–H groups in total. The van der Waals surface area contributed by atoms with Crippen molar-refractivity contribution in [3.05, 3.63) is 36.0 Å². The van der Waals surface area contributed by atoms with Crippen molar-refractivity contribution in [3.8, 4) is 0 Å². The van der Waals surface area contributed by atoms with Crippen LogP contribution in [-0.4, -0.2) is 38.7 Å². The van der Waals surface area contributed by atoms with Crippen molar-refractivity contribution < 1.29 is 19.8 Å². The van der Waals surface area contributed by atoms with Crippen LogP contribution in [0, 0.1) is 0 Å². The minimum absolute atomic E-state index is 0.347. The van der Waals surface area contributed by atoms with Gasteiger partial charge in [0.25, 0.3) is 0 Å². The summed E-state index contributed by atoms with van der Waals surface area (Å²) in [5.41, 5.74) is 11.4. The topological polar surface area (TPSA) is 142 Å². The molecule has 0 saturated heterocycles. The number of para-hydroxylation sites is 1. The van der Waals surface area contributed by atoms with Crippen LogP contribution in [0.4, 0.5) is 0 Å². The lowest BCUT2D eigenvalue weighted by Crippen LogP contribution is -2.41. The number of nitrogens with one attached hydrogen (secondary N) is 1.